The fourth-order valence-electron chi connectivity index (χ4n) is 3.42. The van der Waals surface area contributed by atoms with Gasteiger partial charge in [-0.1, -0.05) is 11.2 Å². The molecule has 1 amide bonds. The maximum atomic E-state index is 13.0. The van der Waals surface area contributed by atoms with Gasteiger partial charge in [0.05, 0.1) is 12.2 Å². The SMILES string of the molecule is Cc1ccc(OCc2cc(C(=O)N3CCCC[C@@H]3c3cccnc3)no2)cn1. The molecule has 0 bridgehead atoms. The van der Waals surface area contributed by atoms with E-state index in [-0.39, 0.29) is 18.6 Å². The first-order chi connectivity index (χ1) is 13.7. The van der Waals surface area contributed by atoms with Crippen molar-refractivity contribution in [1.29, 1.82) is 0 Å². The number of amides is 1. The highest BCUT2D eigenvalue weighted by Gasteiger charge is 2.30. The van der Waals surface area contributed by atoms with Gasteiger partial charge in [0.1, 0.15) is 12.4 Å². The van der Waals surface area contributed by atoms with Crippen LogP contribution in [0.15, 0.2) is 53.4 Å². The minimum Gasteiger partial charge on any atom is -0.484 e. The highest BCUT2D eigenvalue weighted by molar-refractivity contribution is 5.92. The molecule has 3 aromatic heterocycles. The molecule has 0 unspecified atom stereocenters. The first kappa shape index (κ1) is 18.2. The van der Waals surface area contributed by atoms with E-state index in [1.807, 2.05) is 42.3 Å². The molecular weight excluding hydrogens is 356 g/mol. The molecule has 0 aromatic carbocycles. The first-order valence-corrected chi connectivity index (χ1v) is 9.42. The average Bonchev–Trinajstić information content (AvgIpc) is 3.22. The molecule has 0 saturated carbocycles. The molecule has 1 saturated heterocycles. The summed E-state index contributed by atoms with van der Waals surface area (Å²) in [5, 5.41) is 3.97. The smallest absolute Gasteiger partial charge is 0.276 e. The number of nitrogens with zero attached hydrogens (tertiary/aromatic N) is 4. The van der Waals surface area contributed by atoms with Crippen LogP contribution in [0.1, 0.15) is 52.8 Å². The monoisotopic (exact) mass is 378 g/mol. The third-order valence-corrected chi connectivity index (χ3v) is 4.88. The summed E-state index contributed by atoms with van der Waals surface area (Å²) in [7, 11) is 0. The van der Waals surface area contributed by atoms with Crippen molar-refractivity contribution in [2.75, 3.05) is 6.54 Å². The summed E-state index contributed by atoms with van der Waals surface area (Å²) < 4.78 is 11.0. The van der Waals surface area contributed by atoms with Gasteiger partial charge in [0.15, 0.2) is 11.5 Å². The summed E-state index contributed by atoms with van der Waals surface area (Å²) in [6.07, 6.45) is 8.22. The fraction of sp³-hybridized carbons (Fsp3) is 0.333. The van der Waals surface area contributed by atoms with Gasteiger partial charge in [-0.25, -0.2) is 0 Å². The summed E-state index contributed by atoms with van der Waals surface area (Å²) in [6.45, 7) is 2.81. The molecule has 4 rings (SSSR count). The molecule has 4 heterocycles. The van der Waals surface area contributed by atoms with Gasteiger partial charge in [-0.15, -0.1) is 0 Å². The Balaban J connectivity index is 1.44. The highest BCUT2D eigenvalue weighted by Crippen LogP contribution is 2.31. The van der Waals surface area contributed by atoms with E-state index in [1.54, 1.807) is 18.5 Å². The number of aryl methyl sites for hydroxylation is 1. The number of pyridine rings is 2. The molecule has 1 aliphatic rings. The van der Waals surface area contributed by atoms with Crippen molar-refractivity contribution in [2.45, 2.75) is 38.8 Å². The molecule has 7 heteroatoms. The predicted molar refractivity (Wildman–Crippen MR) is 102 cm³/mol. The summed E-state index contributed by atoms with van der Waals surface area (Å²) >= 11 is 0. The molecular formula is C21H22N4O3. The van der Waals surface area contributed by atoms with Crippen molar-refractivity contribution >= 4 is 5.91 Å². The van der Waals surface area contributed by atoms with Crippen LogP contribution in [0, 0.1) is 6.92 Å². The normalized spacial score (nSPS) is 16.8. The van der Waals surface area contributed by atoms with Crippen LogP contribution < -0.4 is 4.74 Å². The van der Waals surface area contributed by atoms with Crippen molar-refractivity contribution in [3.8, 4) is 5.75 Å². The Labute approximate surface area is 163 Å². The minimum absolute atomic E-state index is 0.0185. The topological polar surface area (TPSA) is 81.4 Å². The lowest BCUT2D eigenvalue weighted by Gasteiger charge is -2.35. The first-order valence-electron chi connectivity index (χ1n) is 9.42. The van der Waals surface area contributed by atoms with Crippen molar-refractivity contribution < 1.29 is 14.1 Å². The molecule has 3 aromatic rings. The Bertz CT molecular complexity index is 924. The molecule has 1 aliphatic heterocycles. The van der Waals surface area contributed by atoms with E-state index in [2.05, 4.69) is 15.1 Å². The Hall–Kier alpha value is -3.22. The van der Waals surface area contributed by atoms with E-state index in [1.165, 1.54) is 0 Å². The second-order valence-electron chi connectivity index (χ2n) is 6.90. The summed E-state index contributed by atoms with van der Waals surface area (Å²) in [5.74, 6) is 1.02. The van der Waals surface area contributed by atoms with Crippen LogP contribution in [0.25, 0.3) is 0 Å². The van der Waals surface area contributed by atoms with Crippen LogP contribution in [-0.4, -0.2) is 32.5 Å². The van der Waals surface area contributed by atoms with Crippen LogP contribution in [0.4, 0.5) is 0 Å². The third kappa shape index (κ3) is 4.03. The molecule has 7 nitrogen and oxygen atoms in total. The largest absolute Gasteiger partial charge is 0.484 e. The van der Waals surface area contributed by atoms with Crippen LogP contribution in [0.2, 0.25) is 0 Å². The maximum Gasteiger partial charge on any atom is 0.276 e. The number of piperidine rings is 1. The zero-order chi connectivity index (χ0) is 19.3. The molecule has 0 radical (unpaired) electrons. The quantitative estimate of drug-likeness (QED) is 0.673. The van der Waals surface area contributed by atoms with Gasteiger partial charge < -0.3 is 14.2 Å². The summed E-state index contributed by atoms with van der Waals surface area (Å²) in [6, 6.07) is 9.30. The third-order valence-electron chi connectivity index (χ3n) is 4.88. The second-order valence-corrected chi connectivity index (χ2v) is 6.90. The molecule has 144 valence electrons. The average molecular weight is 378 g/mol. The van der Waals surface area contributed by atoms with Gasteiger partial charge in [0.2, 0.25) is 0 Å². The number of ether oxygens (including phenoxy) is 1. The number of carbonyl (C=O) groups is 1. The second kappa shape index (κ2) is 8.21. The van der Waals surface area contributed by atoms with Crippen LogP contribution >= 0.6 is 0 Å². The zero-order valence-corrected chi connectivity index (χ0v) is 15.7. The van der Waals surface area contributed by atoms with E-state index in [0.29, 0.717) is 23.7 Å². The van der Waals surface area contributed by atoms with E-state index >= 15 is 0 Å². The Morgan fingerprint density at radius 2 is 2.21 bits per heavy atom. The Morgan fingerprint density at radius 1 is 1.29 bits per heavy atom. The number of aromatic nitrogens is 3. The molecule has 28 heavy (non-hydrogen) atoms. The van der Waals surface area contributed by atoms with E-state index in [0.717, 1.165) is 30.5 Å². The molecule has 0 aliphatic carbocycles. The van der Waals surface area contributed by atoms with Crippen molar-refractivity contribution in [3.05, 3.63) is 71.6 Å². The fourth-order valence-corrected chi connectivity index (χ4v) is 3.42. The van der Waals surface area contributed by atoms with Gasteiger partial charge in [-0.2, -0.15) is 0 Å². The Kier molecular flexibility index (Phi) is 5.32. The van der Waals surface area contributed by atoms with Crippen molar-refractivity contribution in [3.63, 3.8) is 0 Å². The number of likely N-dealkylation sites (tertiary alicyclic amines) is 1. The van der Waals surface area contributed by atoms with Gasteiger partial charge in [0, 0.05) is 30.7 Å². The van der Waals surface area contributed by atoms with Crippen LogP contribution in [-0.2, 0) is 6.61 Å². The molecule has 0 spiro atoms. The lowest BCUT2D eigenvalue weighted by atomic mass is 9.96. The van der Waals surface area contributed by atoms with Gasteiger partial charge >= 0.3 is 0 Å². The van der Waals surface area contributed by atoms with Gasteiger partial charge in [-0.3, -0.25) is 14.8 Å². The molecule has 1 fully saturated rings. The number of rotatable bonds is 5. The van der Waals surface area contributed by atoms with Crippen LogP contribution in [0.3, 0.4) is 0 Å². The predicted octanol–water partition coefficient (Wildman–Crippen LogP) is 3.72. The van der Waals surface area contributed by atoms with Crippen LogP contribution in [0.5, 0.6) is 5.75 Å². The Morgan fingerprint density at radius 3 is 3.00 bits per heavy atom. The number of hydrogen-bond acceptors (Lipinski definition) is 6. The van der Waals surface area contributed by atoms with Gasteiger partial charge in [-0.05, 0) is 49.9 Å². The summed E-state index contributed by atoms with van der Waals surface area (Å²) in [4.78, 5) is 23.3. The maximum absolute atomic E-state index is 13.0. The van der Waals surface area contributed by atoms with Crippen molar-refractivity contribution in [1.82, 2.24) is 20.0 Å². The lowest BCUT2D eigenvalue weighted by Crippen LogP contribution is -2.38. The van der Waals surface area contributed by atoms with E-state index in [9.17, 15) is 4.79 Å². The highest BCUT2D eigenvalue weighted by atomic mass is 16.5. The molecule has 1 atom stereocenters. The van der Waals surface area contributed by atoms with E-state index < -0.39 is 0 Å². The molecule has 0 N–H and O–H groups in total. The number of carbonyl (C=O) groups excluding carboxylic acids is 1. The number of hydrogen-bond donors (Lipinski definition) is 0. The minimum atomic E-state index is -0.124. The van der Waals surface area contributed by atoms with Gasteiger partial charge in [0.25, 0.3) is 5.91 Å². The standard InChI is InChI=1S/C21H22N4O3/c1-15-7-8-17(13-23-15)27-14-18-11-19(24-28-18)21(26)25-10-3-2-6-20(25)16-5-4-9-22-12-16/h4-5,7-9,11-13,20H,2-3,6,10,14H2,1H3/t20-/m1/s1. The summed E-state index contributed by atoms with van der Waals surface area (Å²) in [5.41, 5.74) is 2.27. The van der Waals surface area contributed by atoms with Crippen molar-refractivity contribution in [2.24, 2.45) is 0 Å². The van der Waals surface area contributed by atoms with E-state index in [4.69, 9.17) is 9.26 Å². The lowest BCUT2D eigenvalue weighted by molar-refractivity contribution is 0.0600. The zero-order valence-electron chi connectivity index (χ0n) is 15.7.